The summed E-state index contributed by atoms with van der Waals surface area (Å²) < 4.78 is 26.0. The Balaban J connectivity index is 2.20. The summed E-state index contributed by atoms with van der Waals surface area (Å²) in [6, 6.07) is 6.51. The highest BCUT2D eigenvalue weighted by Gasteiger charge is 2.20. The summed E-state index contributed by atoms with van der Waals surface area (Å²) in [4.78, 5) is 4.27. The number of fused-ring (bicyclic) bond motifs is 1. The van der Waals surface area contributed by atoms with Crippen molar-refractivity contribution in [2.75, 3.05) is 0 Å². The number of thiazole rings is 1. The Morgan fingerprint density at radius 2 is 2.12 bits per heavy atom. The van der Waals surface area contributed by atoms with E-state index < -0.39 is 12.5 Å². The lowest BCUT2D eigenvalue weighted by Gasteiger charge is -2.12. The molecule has 0 spiro atoms. The van der Waals surface area contributed by atoms with Crippen molar-refractivity contribution in [1.82, 2.24) is 10.4 Å². The number of hydrogen-bond acceptors (Lipinski definition) is 4. The van der Waals surface area contributed by atoms with Crippen LogP contribution in [0.5, 0.6) is 0 Å². The van der Waals surface area contributed by atoms with Gasteiger partial charge in [0, 0.05) is 6.42 Å². The van der Waals surface area contributed by atoms with Gasteiger partial charge in [0.15, 0.2) is 0 Å². The number of rotatable bonds is 4. The molecular formula is C10H11F2N3S. The van der Waals surface area contributed by atoms with Crippen molar-refractivity contribution >= 4 is 21.6 Å². The molecule has 3 nitrogen and oxygen atoms in total. The number of nitrogens with two attached hydrogens (primary N) is 1. The number of hydrazine groups is 1. The zero-order chi connectivity index (χ0) is 11.5. The first kappa shape index (κ1) is 11.4. The van der Waals surface area contributed by atoms with Crippen molar-refractivity contribution in [2.45, 2.75) is 18.9 Å². The maximum Gasteiger partial charge on any atom is 0.255 e. The van der Waals surface area contributed by atoms with E-state index in [1.165, 1.54) is 11.3 Å². The minimum Gasteiger partial charge on any atom is -0.271 e. The van der Waals surface area contributed by atoms with Crippen LogP contribution in [0.1, 0.15) is 5.01 Å². The third-order valence-corrected chi connectivity index (χ3v) is 3.31. The number of aromatic nitrogens is 1. The van der Waals surface area contributed by atoms with Crippen molar-refractivity contribution in [3.05, 3.63) is 29.3 Å². The quantitative estimate of drug-likeness (QED) is 0.637. The molecule has 6 heteroatoms. The summed E-state index contributed by atoms with van der Waals surface area (Å²) in [5, 5.41) is 0.671. The second-order valence-corrected chi connectivity index (χ2v) is 4.50. The molecule has 0 radical (unpaired) electrons. The molecule has 0 aliphatic heterocycles. The minimum atomic E-state index is -2.49. The fraction of sp³-hybridized carbons (Fsp3) is 0.300. The van der Waals surface area contributed by atoms with E-state index >= 15 is 0 Å². The van der Waals surface area contributed by atoms with Crippen LogP contribution in [0.15, 0.2) is 24.3 Å². The van der Waals surface area contributed by atoms with Crippen LogP contribution in [-0.2, 0) is 6.42 Å². The Kier molecular flexibility index (Phi) is 3.42. The molecule has 2 aromatic rings. The number of halogens is 2. The molecular weight excluding hydrogens is 232 g/mol. The highest BCUT2D eigenvalue weighted by Crippen LogP contribution is 2.23. The molecule has 3 N–H and O–H groups in total. The normalized spacial score (nSPS) is 13.5. The van der Waals surface area contributed by atoms with Gasteiger partial charge >= 0.3 is 0 Å². The third kappa shape index (κ3) is 2.34. The van der Waals surface area contributed by atoms with Crippen molar-refractivity contribution in [3.63, 3.8) is 0 Å². The highest BCUT2D eigenvalue weighted by atomic mass is 32.1. The van der Waals surface area contributed by atoms with E-state index in [1.54, 1.807) is 0 Å². The Bertz CT molecular complexity index is 439. The number of para-hydroxylation sites is 1. The summed E-state index contributed by atoms with van der Waals surface area (Å²) >= 11 is 1.42. The standard InChI is InChI=1S/C10H11F2N3S/c11-10(12)7(15-13)5-9-14-6-3-1-2-4-8(6)16-9/h1-4,7,10,15H,5,13H2. The van der Waals surface area contributed by atoms with Crippen LogP contribution in [0.25, 0.3) is 10.2 Å². The largest absolute Gasteiger partial charge is 0.271 e. The lowest BCUT2D eigenvalue weighted by Crippen LogP contribution is -2.42. The molecule has 0 amide bonds. The van der Waals surface area contributed by atoms with Gasteiger partial charge in [0.05, 0.1) is 21.3 Å². The van der Waals surface area contributed by atoms with Gasteiger partial charge < -0.3 is 0 Å². The predicted molar refractivity (Wildman–Crippen MR) is 60.4 cm³/mol. The maximum absolute atomic E-state index is 12.5. The molecule has 1 heterocycles. The zero-order valence-corrected chi connectivity index (χ0v) is 9.18. The zero-order valence-electron chi connectivity index (χ0n) is 8.36. The number of nitrogens with zero attached hydrogens (tertiary/aromatic N) is 1. The lowest BCUT2D eigenvalue weighted by atomic mass is 10.2. The molecule has 0 saturated heterocycles. The first-order valence-corrected chi connectivity index (χ1v) is 5.61. The maximum atomic E-state index is 12.5. The molecule has 16 heavy (non-hydrogen) atoms. The molecule has 1 atom stereocenters. The second kappa shape index (κ2) is 4.82. The molecule has 1 aromatic carbocycles. The smallest absolute Gasteiger partial charge is 0.255 e. The summed E-state index contributed by atoms with van der Waals surface area (Å²) in [7, 11) is 0. The fourth-order valence-corrected chi connectivity index (χ4v) is 2.44. The van der Waals surface area contributed by atoms with Gasteiger partial charge in [-0.25, -0.2) is 13.8 Å². The van der Waals surface area contributed by atoms with Gasteiger partial charge in [0.2, 0.25) is 0 Å². The van der Waals surface area contributed by atoms with E-state index in [9.17, 15) is 8.78 Å². The van der Waals surface area contributed by atoms with Crippen LogP contribution in [0.3, 0.4) is 0 Å². The summed E-state index contributed by atoms with van der Waals surface area (Å²) in [6.45, 7) is 0. The summed E-state index contributed by atoms with van der Waals surface area (Å²) in [6.07, 6.45) is -2.34. The van der Waals surface area contributed by atoms with Crippen LogP contribution in [-0.4, -0.2) is 17.5 Å². The van der Waals surface area contributed by atoms with E-state index in [4.69, 9.17) is 5.84 Å². The monoisotopic (exact) mass is 243 g/mol. The molecule has 86 valence electrons. The topological polar surface area (TPSA) is 50.9 Å². The van der Waals surface area contributed by atoms with E-state index in [0.29, 0.717) is 5.01 Å². The molecule has 1 unspecified atom stereocenters. The van der Waals surface area contributed by atoms with Gasteiger partial charge in [0.25, 0.3) is 6.43 Å². The summed E-state index contributed by atoms with van der Waals surface area (Å²) in [5.74, 6) is 5.06. The van der Waals surface area contributed by atoms with Crippen LogP contribution in [0.2, 0.25) is 0 Å². The predicted octanol–water partition coefficient (Wildman–Crippen LogP) is 1.94. The first-order valence-electron chi connectivity index (χ1n) is 4.79. The molecule has 0 aliphatic rings. The van der Waals surface area contributed by atoms with Gasteiger partial charge in [-0.3, -0.25) is 11.3 Å². The third-order valence-electron chi connectivity index (χ3n) is 2.25. The second-order valence-electron chi connectivity index (χ2n) is 3.39. The molecule has 0 aliphatic carbocycles. The fourth-order valence-electron chi connectivity index (χ4n) is 1.42. The van der Waals surface area contributed by atoms with Gasteiger partial charge in [-0.15, -0.1) is 11.3 Å². The lowest BCUT2D eigenvalue weighted by molar-refractivity contribution is 0.0984. The number of hydrogen-bond donors (Lipinski definition) is 2. The molecule has 0 saturated carbocycles. The number of benzene rings is 1. The van der Waals surface area contributed by atoms with E-state index in [-0.39, 0.29) is 6.42 Å². The highest BCUT2D eigenvalue weighted by molar-refractivity contribution is 7.18. The van der Waals surface area contributed by atoms with Crippen molar-refractivity contribution < 1.29 is 8.78 Å². The first-order chi connectivity index (χ1) is 7.70. The van der Waals surface area contributed by atoms with Crippen molar-refractivity contribution in [3.8, 4) is 0 Å². The Morgan fingerprint density at radius 1 is 1.38 bits per heavy atom. The van der Waals surface area contributed by atoms with Crippen LogP contribution in [0.4, 0.5) is 8.78 Å². The summed E-state index contributed by atoms with van der Waals surface area (Å²) in [5.41, 5.74) is 2.95. The van der Waals surface area contributed by atoms with Crippen LogP contribution in [0, 0.1) is 0 Å². The molecule has 1 aromatic heterocycles. The van der Waals surface area contributed by atoms with E-state index in [2.05, 4.69) is 10.4 Å². The minimum absolute atomic E-state index is 0.146. The average molecular weight is 243 g/mol. The number of nitrogens with one attached hydrogen (secondary N) is 1. The molecule has 0 bridgehead atoms. The number of alkyl halides is 2. The Labute approximate surface area is 95.3 Å². The van der Waals surface area contributed by atoms with Gasteiger partial charge in [0.1, 0.15) is 0 Å². The van der Waals surface area contributed by atoms with Crippen LogP contribution < -0.4 is 11.3 Å². The Hall–Kier alpha value is -1.11. The molecule has 0 fully saturated rings. The van der Waals surface area contributed by atoms with E-state index in [0.717, 1.165) is 10.2 Å². The molecule has 2 rings (SSSR count). The van der Waals surface area contributed by atoms with Crippen molar-refractivity contribution in [1.29, 1.82) is 0 Å². The van der Waals surface area contributed by atoms with Gasteiger partial charge in [-0.1, -0.05) is 12.1 Å². The van der Waals surface area contributed by atoms with Crippen LogP contribution >= 0.6 is 11.3 Å². The Morgan fingerprint density at radius 3 is 2.75 bits per heavy atom. The van der Waals surface area contributed by atoms with Gasteiger partial charge in [-0.05, 0) is 12.1 Å². The average Bonchev–Trinajstić information content (AvgIpc) is 2.67. The van der Waals surface area contributed by atoms with Gasteiger partial charge in [-0.2, -0.15) is 0 Å². The van der Waals surface area contributed by atoms with E-state index in [1.807, 2.05) is 24.3 Å². The van der Waals surface area contributed by atoms with Crippen molar-refractivity contribution in [2.24, 2.45) is 5.84 Å². The SMILES string of the molecule is NNC(Cc1nc2ccccc2s1)C(F)F.